The summed E-state index contributed by atoms with van der Waals surface area (Å²) in [5.74, 6) is 0. The predicted molar refractivity (Wildman–Crippen MR) is 62.9 cm³/mol. The lowest BCUT2D eigenvalue weighted by atomic mass is 10.1. The van der Waals surface area contributed by atoms with Crippen LogP contribution in [0.15, 0.2) is 0 Å². The Morgan fingerprint density at radius 2 is 2.06 bits per heavy atom. The molecule has 0 rings (SSSR count). The number of rotatable bonds is 10. The minimum absolute atomic E-state index is 0.526. The topological polar surface area (TPSA) is 75.1 Å². The minimum Gasteiger partial charge on any atom is -0.387 e. The molecular weight excluding hydrogens is 224 g/mol. The second-order valence-corrected chi connectivity index (χ2v) is 4.77. The van der Waals surface area contributed by atoms with Crippen LogP contribution in [-0.2, 0) is 8.85 Å². The molecular formula is C10H21N2O3Si. The van der Waals surface area contributed by atoms with E-state index in [0.717, 1.165) is 44.2 Å². The standard InChI is InChI=1S/C10H21N2O3Si/c1-3-7-10(12-11)8-5-4-6-9-15-16(13)14-2/h13H,3-9H2,1-2H3. The average molecular weight is 245 g/mol. The Morgan fingerprint density at radius 1 is 1.31 bits per heavy atom. The van der Waals surface area contributed by atoms with Gasteiger partial charge < -0.3 is 19.2 Å². The van der Waals surface area contributed by atoms with Crippen LogP contribution in [0.4, 0.5) is 0 Å². The fraction of sp³-hybridized carbons (Fsp3) is 0.900. The van der Waals surface area contributed by atoms with Crippen molar-refractivity contribution in [1.29, 1.82) is 0 Å². The normalized spacial score (nSPS) is 10.5. The first-order valence-corrected chi connectivity index (χ1v) is 6.93. The Hall–Kier alpha value is -0.523. The predicted octanol–water partition coefficient (Wildman–Crippen LogP) is 1.66. The van der Waals surface area contributed by atoms with Gasteiger partial charge in [-0.25, -0.2) is 0 Å². The van der Waals surface area contributed by atoms with Gasteiger partial charge in [-0.1, -0.05) is 13.3 Å². The molecule has 0 aromatic heterocycles. The Bertz CT molecular complexity index is 220. The van der Waals surface area contributed by atoms with Gasteiger partial charge in [-0.15, -0.1) is 0 Å². The summed E-state index contributed by atoms with van der Waals surface area (Å²) < 4.78 is 9.65. The van der Waals surface area contributed by atoms with Crippen molar-refractivity contribution < 1.29 is 18.4 Å². The number of nitrogens with zero attached hydrogens (tertiary/aromatic N) is 2. The molecule has 0 aromatic carbocycles. The van der Waals surface area contributed by atoms with Gasteiger partial charge in [0, 0.05) is 26.6 Å². The first-order valence-electron chi connectivity index (χ1n) is 5.67. The number of unbranched alkanes of at least 4 members (excludes halogenated alkanes) is 2. The first kappa shape index (κ1) is 15.5. The highest BCUT2D eigenvalue weighted by Gasteiger charge is 2.10. The first-order chi connectivity index (χ1) is 7.74. The summed E-state index contributed by atoms with van der Waals surface area (Å²) in [6, 6.07) is 0. The fourth-order valence-electron chi connectivity index (χ4n) is 1.34. The van der Waals surface area contributed by atoms with Crippen LogP contribution < -0.4 is 0 Å². The number of hydrogen-bond acceptors (Lipinski definition) is 3. The average Bonchev–Trinajstić information content (AvgIpc) is 2.31. The van der Waals surface area contributed by atoms with Gasteiger partial charge >= 0.3 is 9.53 Å². The zero-order valence-electron chi connectivity index (χ0n) is 10.1. The van der Waals surface area contributed by atoms with E-state index in [9.17, 15) is 0 Å². The van der Waals surface area contributed by atoms with Crippen molar-refractivity contribution in [3.63, 3.8) is 0 Å². The fourth-order valence-corrected chi connectivity index (χ4v) is 1.78. The summed E-state index contributed by atoms with van der Waals surface area (Å²) in [4.78, 5) is 12.3. The summed E-state index contributed by atoms with van der Waals surface area (Å²) in [7, 11) is -0.575. The maximum Gasteiger partial charge on any atom is 0.574 e. The van der Waals surface area contributed by atoms with Gasteiger partial charge in [0.15, 0.2) is 0 Å². The van der Waals surface area contributed by atoms with Crippen molar-refractivity contribution in [3.05, 3.63) is 5.53 Å². The summed E-state index contributed by atoms with van der Waals surface area (Å²) in [6.45, 7) is 2.59. The van der Waals surface area contributed by atoms with Crippen LogP contribution in [0.25, 0.3) is 5.53 Å². The summed E-state index contributed by atoms with van der Waals surface area (Å²) in [6.07, 6.45) is 5.59. The molecule has 0 aliphatic heterocycles. The lowest BCUT2D eigenvalue weighted by Crippen LogP contribution is -2.20. The van der Waals surface area contributed by atoms with Crippen LogP contribution in [0.3, 0.4) is 0 Å². The van der Waals surface area contributed by atoms with E-state index in [0.29, 0.717) is 6.61 Å². The lowest BCUT2D eigenvalue weighted by molar-refractivity contribution is -0.0116. The van der Waals surface area contributed by atoms with Crippen molar-refractivity contribution in [2.24, 2.45) is 0 Å². The van der Waals surface area contributed by atoms with E-state index in [1.807, 2.05) is 0 Å². The highest BCUT2D eigenvalue weighted by atomic mass is 28.3. The van der Waals surface area contributed by atoms with Crippen molar-refractivity contribution in [1.82, 2.24) is 0 Å². The third kappa shape index (κ3) is 8.76. The van der Waals surface area contributed by atoms with Crippen LogP contribution >= 0.6 is 0 Å². The molecule has 1 N–H and O–H groups in total. The van der Waals surface area contributed by atoms with Crippen LogP contribution in [0, 0.1) is 0 Å². The van der Waals surface area contributed by atoms with Gasteiger partial charge in [0.1, 0.15) is 0 Å². The zero-order chi connectivity index (χ0) is 12.2. The van der Waals surface area contributed by atoms with Gasteiger partial charge in [0.25, 0.3) is 5.71 Å². The maximum atomic E-state index is 9.02. The molecule has 0 saturated carbocycles. The van der Waals surface area contributed by atoms with Crippen LogP contribution in [0.5, 0.6) is 0 Å². The second kappa shape index (κ2) is 11.0. The van der Waals surface area contributed by atoms with Crippen molar-refractivity contribution in [3.8, 4) is 0 Å². The molecule has 6 heteroatoms. The van der Waals surface area contributed by atoms with E-state index in [-0.39, 0.29) is 0 Å². The second-order valence-electron chi connectivity index (χ2n) is 3.55. The van der Waals surface area contributed by atoms with Crippen molar-refractivity contribution >= 4 is 15.2 Å². The highest BCUT2D eigenvalue weighted by Crippen LogP contribution is 2.04. The van der Waals surface area contributed by atoms with E-state index in [1.165, 1.54) is 7.11 Å². The third-order valence-electron chi connectivity index (χ3n) is 2.19. The van der Waals surface area contributed by atoms with E-state index in [4.69, 9.17) is 14.8 Å². The van der Waals surface area contributed by atoms with Gasteiger partial charge in [-0.05, 0) is 19.3 Å². The Morgan fingerprint density at radius 3 is 2.62 bits per heavy atom. The molecule has 0 fully saturated rings. The van der Waals surface area contributed by atoms with Crippen molar-refractivity contribution in [2.45, 2.75) is 45.4 Å². The quantitative estimate of drug-likeness (QED) is 0.209. The molecule has 0 bridgehead atoms. The maximum absolute atomic E-state index is 9.02. The van der Waals surface area contributed by atoms with Gasteiger partial charge in [0.2, 0.25) is 0 Å². The SMILES string of the molecule is CCCC(CCCCCO[Si](O)OC)=[N+]=[N-]. The molecule has 0 spiro atoms. The molecule has 93 valence electrons. The molecule has 0 amide bonds. The largest absolute Gasteiger partial charge is 0.574 e. The van der Waals surface area contributed by atoms with E-state index >= 15 is 0 Å². The summed E-state index contributed by atoms with van der Waals surface area (Å²) in [5.41, 5.74) is 9.55. The molecule has 0 unspecified atom stereocenters. The molecule has 16 heavy (non-hydrogen) atoms. The van der Waals surface area contributed by atoms with Crippen molar-refractivity contribution in [2.75, 3.05) is 13.7 Å². The molecule has 0 aromatic rings. The summed E-state index contributed by atoms with van der Waals surface area (Å²) >= 11 is 0. The Kier molecular flexibility index (Phi) is 10.6. The highest BCUT2D eigenvalue weighted by molar-refractivity contribution is 6.34. The molecule has 0 atom stereocenters. The zero-order valence-corrected chi connectivity index (χ0v) is 11.1. The van der Waals surface area contributed by atoms with E-state index in [2.05, 4.69) is 16.1 Å². The Balaban J connectivity index is 3.36. The van der Waals surface area contributed by atoms with E-state index in [1.54, 1.807) is 0 Å². The Labute approximate surface area is 99.0 Å². The van der Waals surface area contributed by atoms with Crippen LogP contribution in [-0.4, -0.2) is 38.5 Å². The van der Waals surface area contributed by atoms with Gasteiger partial charge in [0.05, 0.1) is 0 Å². The molecule has 0 aliphatic rings. The smallest absolute Gasteiger partial charge is 0.387 e. The molecule has 0 heterocycles. The minimum atomic E-state index is -2.01. The van der Waals surface area contributed by atoms with Crippen LogP contribution in [0.1, 0.15) is 45.4 Å². The van der Waals surface area contributed by atoms with E-state index < -0.39 is 9.53 Å². The monoisotopic (exact) mass is 245 g/mol. The van der Waals surface area contributed by atoms with Gasteiger partial charge in [-0.3, -0.25) is 0 Å². The summed E-state index contributed by atoms with van der Waals surface area (Å²) in [5, 5.41) is 0. The lowest BCUT2D eigenvalue weighted by Gasteiger charge is -2.04. The molecule has 0 saturated heterocycles. The van der Waals surface area contributed by atoms with Crippen LogP contribution in [0.2, 0.25) is 0 Å². The third-order valence-corrected chi connectivity index (χ3v) is 2.99. The number of hydrogen-bond donors (Lipinski definition) is 1. The van der Waals surface area contributed by atoms with Gasteiger partial charge in [-0.2, -0.15) is 4.79 Å². The molecule has 0 aliphatic carbocycles. The molecule has 5 nitrogen and oxygen atoms in total. The molecule has 1 radical (unpaired) electrons.